The van der Waals surface area contributed by atoms with Crippen molar-refractivity contribution >= 4 is 11.9 Å². The van der Waals surface area contributed by atoms with Gasteiger partial charge in [0.1, 0.15) is 0 Å². The zero-order chi connectivity index (χ0) is 9.80. The van der Waals surface area contributed by atoms with E-state index in [-0.39, 0.29) is 0 Å². The third-order valence-electron chi connectivity index (χ3n) is 2.39. The van der Waals surface area contributed by atoms with E-state index in [4.69, 9.17) is 5.73 Å². The Bertz CT molecular complexity index is 310. The molecule has 1 fully saturated rings. The van der Waals surface area contributed by atoms with Crippen LogP contribution < -0.4 is 5.73 Å². The van der Waals surface area contributed by atoms with Crippen LogP contribution in [0.3, 0.4) is 0 Å². The molecular weight excluding hydrogens is 174 g/mol. The first-order valence-electron chi connectivity index (χ1n) is 4.99. The van der Waals surface area contributed by atoms with Gasteiger partial charge in [-0.3, -0.25) is 5.01 Å². The average Bonchev–Trinajstić information content (AvgIpc) is 2.70. The normalized spacial score (nSPS) is 16.7. The smallest absolute Gasteiger partial charge is 0.0542 e. The highest BCUT2D eigenvalue weighted by atomic mass is 15.5. The molecule has 1 aromatic carbocycles. The number of nitrogens with two attached hydrogens (primary N) is 1. The van der Waals surface area contributed by atoms with Crippen molar-refractivity contribution in [3.63, 3.8) is 0 Å². The van der Waals surface area contributed by atoms with E-state index in [9.17, 15) is 0 Å². The van der Waals surface area contributed by atoms with Gasteiger partial charge in [0.05, 0.1) is 6.21 Å². The molecule has 74 valence electrons. The summed E-state index contributed by atoms with van der Waals surface area (Å²) in [6.45, 7) is 2.18. The third kappa shape index (κ3) is 2.25. The van der Waals surface area contributed by atoms with Gasteiger partial charge in [0.15, 0.2) is 0 Å². The zero-order valence-corrected chi connectivity index (χ0v) is 8.19. The Morgan fingerprint density at radius 3 is 2.43 bits per heavy atom. The molecule has 3 nitrogen and oxygen atoms in total. The Labute approximate surface area is 84.2 Å². The maximum Gasteiger partial charge on any atom is 0.0542 e. The highest BCUT2D eigenvalue weighted by molar-refractivity contribution is 5.79. The lowest BCUT2D eigenvalue weighted by atomic mass is 10.2. The number of hydrogen-bond acceptors (Lipinski definition) is 3. The van der Waals surface area contributed by atoms with E-state index in [0.29, 0.717) is 0 Å². The first kappa shape index (κ1) is 9.06. The fourth-order valence-corrected chi connectivity index (χ4v) is 1.55. The average molecular weight is 189 g/mol. The van der Waals surface area contributed by atoms with Crippen LogP contribution in [0.4, 0.5) is 5.69 Å². The van der Waals surface area contributed by atoms with Crippen molar-refractivity contribution < 1.29 is 0 Å². The molecule has 0 atom stereocenters. The van der Waals surface area contributed by atoms with E-state index >= 15 is 0 Å². The van der Waals surface area contributed by atoms with Crippen molar-refractivity contribution in [2.24, 2.45) is 5.10 Å². The minimum absolute atomic E-state index is 0.795. The molecule has 0 aliphatic carbocycles. The van der Waals surface area contributed by atoms with Crippen molar-refractivity contribution in [3.8, 4) is 0 Å². The fourth-order valence-electron chi connectivity index (χ4n) is 1.55. The molecule has 0 radical (unpaired) electrons. The lowest BCUT2D eigenvalue weighted by Gasteiger charge is -2.08. The zero-order valence-electron chi connectivity index (χ0n) is 8.19. The fraction of sp³-hybridized carbons (Fsp3) is 0.364. The second-order valence-corrected chi connectivity index (χ2v) is 3.57. The van der Waals surface area contributed by atoms with Crippen molar-refractivity contribution in [1.82, 2.24) is 5.01 Å². The molecular formula is C11H15N3. The molecule has 0 amide bonds. The number of rotatable bonds is 2. The lowest BCUT2D eigenvalue weighted by molar-refractivity contribution is 0.362. The maximum absolute atomic E-state index is 5.59. The standard InChI is InChI=1S/C11H15N3/c12-11-5-3-10(4-6-11)9-13-14-7-1-2-8-14/h3-6,9H,1-2,7-8,12H2. The largest absolute Gasteiger partial charge is 0.399 e. The molecule has 1 heterocycles. The van der Waals surface area contributed by atoms with E-state index in [0.717, 1.165) is 24.3 Å². The number of hydrazone groups is 1. The topological polar surface area (TPSA) is 41.6 Å². The van der Waals surface area contributed by atoms with Gasteiger partial charge in [0.25, 0.3) is 0 Å². The van der Waals surface area contributed by atoms with Crippen LogP contribution in [0.15, 0.2) is 29.4 Å². The summed E-state index contributed by atoms with van der Waals surface area (Å²) in [5, 5.41) is 6.50. The predicted octanol–water partition coefficient (Wildman–Crippen LogP) is 1.70. The highest BCUT2D eigenvalue weighted by Gasteiger charge is 2.06. The van der Waals surface area contributed by atoms with Gasteiger partial charge in [-0.25, -0.2) is 0 Å². The van der Waals surface area contributed by atoms with Crippen LogP contribution in [0.1, 0.15) is 18.4 Å². The number of benzene rings is 1. The summed E-state index contributed by atoms with van der Waals surface area (Å²) >= 11 is 0. The lowest BCUT2D eigenvalue weighted by Crippen LogP contribution is -2.11. The Kier molecular flexibility index (Phi) is 2.68. The number of hydrogen-bond donors (Lipinski definition) is 1. The van der Waals surface area contributed by atoms with Crippen LogP contribution in [0, 0.1) is 0 Å². The minimum Gasteiger partial charge on any atom is -0.399 e. The van der Waals surface area contributed by atoms with E-state index in [2.05, 4.69) is 10.1 Å². The van der Waals surface area contributed by atoms with Crippen molar-refractivity contribution in [2.75, 3.05) is 18.8 Å². The third-order valence-corrected chi connectivity index (χ3v) is 2.39. The molecule has 3 heteroatoms. The number of nitrogen functional groups attached to an aromatic ring is 1. The highest BCUT2D eigenvalue weighted by Crippen LogP contribution is 2.08. The van der Waals surface area contributed by atoms with Gasteiger partial charge in [0.2, 0.25) is 0 Å². The van der Waals surface area contributed by atoms with Gasteiger partial charge in [-0.1, -0.05) is 12.1 Å². The number of anilines is 1. The molecule has 0 bridgehead atoms. The predicted molar refractivity (Wildman–Crippen MR) is 59.3 cm³/mol. The van der Waals surface area contributed by atoms with Gasteiger partial charge < -0.3 is 5.73 Å². The van der Waals surface area contributed by atoms with E-state index in [1.54, 1.807) is 0 Å². The van der Waals surface area contributed by atoms with E-state index in [1.165, 1.54) is 12.8 Å². The van der Waals surface area contributed by atoms with Gasteiger partial charge in [-0.05, 0) is 30.5 Å². The van der Waals surface area contributed by atoms with Crippen LogP contribution in [0.2, 0.25) is 0 Å². The Hall–Kier alpha value is -1.51. The van der Waals surface area contributed by atoms with Gasteiger partial charge >= 0.3 is 0 Å². The first-order valence-corrected chi connectivity index (χ1v) is 4.99. The van der Waals surface area contributed by atoms with Crippen LogP contribution in [0.25, 0.3) is 0 Å². The molecule has 0 saturated carbocycles. The Balaban J connectivity index is 1.99. The van der Waals surface area contributed by atoms with Crippen LogP contribution in [-0.2, 0) is 0 Å². The maximum atomic E-state index is 5.59. The molecule has 1 saturated heterocycles. The molecule has 0 aromatic heterocycles. The molecule has 1 aliphatic rings. The van der Waals surface area contributed by atoms with Gasteiger partial charge in [-0.2, -0.15) is 5.10 Å². The second-order valence-electron chi connectivity index (χ2n) is 3.57. The summed E-state index contributed by atoms with van der Waals surface area (Å²) in [6, 6.07) is 7.75. The molecule has 0 spiro atoms. The number of nitrogens with zero attached hydrogens (tertiary/aromatic N) is 2. The van der Waals surface area contributed by atoms with E-state index in [1.807, 2.05) is 30.5 Å². The summed E-state index contributed by atoms with van der Waals surface area (Å²) < 4.78 is 0. The summed E-state index contributed by atoms with van der Waals surface area (Å²) in [5.41, 5.74) is 7.49. The summed E-state index contributed by atoms with van der Waals surface area (Å²) in [5.74, 6) is 0. The van der Waals surface area contributed by atoms with Crippen LogP contribution in [-0.4, -0.2) is 24.3 Å². The molecule has 1 aromatic rings. The molecule has 0 unspecified atom stereocenters. The minimum atomic E-state index is 0.795. The first-order chi connectivity index (χ1) is 6.84. The Morgan fingerprint density at radius 2 is 1.79 bits per heavy atom. The van der Waals surface area contributed by atoms with Gasteiger partial charge in [-0.15, -0.1) is 0 Å². The molecule has 2 N–H and O–H groups in total. The van der Waals surface area contributed by atoms with Gasteiger partial charge in [0, 0.05) is 18.8 Å². The molecule has 1 aliphatic heterocycles. The SMILES string of the molecule is Nc1ccc(C=NN2CCCC2)cc1. The quantitative estimate of drug-likeness (QED) is 0.568. The molecule has 2 rings (SSSR count). The summed E-state index contributed by atoms with van der Waals surface area (Å²) in [6.07, 6.45) is 4.42. The Morgan fingerprint density at radius 1 is 1.14 bits per heavy atom. The van der Waals surface area contributed by atoms with Crippen LogP contribution in [0.5, 0.6) is 0 Å². The summed E-state index contributed by atoms with van der Waals surface area (Å²) in [7, 11) is 0. The van der Waals surface area contributed by atoms with E-state index < -0.39 is 0 Å². The van der Waals surface area contributed by atoms with Crippen molar-refractivity contribution in [3.05, 3.63) is 29.8 Å². The second kappa shape index (κ2) is 4.13. The monoisotopic (exact) mass is 189 g/mol. The van der Waals surface area contributed by atoms with Crippen molar-refractivity contribution in [2.45, 2.75) is 12.8 Å². The summed E-state index contributed by atoms with van der Waals surface area (Å²) in [4.78, 5) is 0. The molecule has 14 heavy (non-hydrogen) atoms. The van der Waals surface area contributed by atoms with Crippen LogP contribution >= 0.6 is 0 Å². The van der Waals surface area contributed by atoms with Crippen molar-refractivity contribution in [1.29, 1.82) is 0 Å².